The molecule has 2 aromatic carbocycles. The first kappa shape index (κ1) is 22.0. The molecule has 1 amide bonds. The molecule has 0 spiro atoms. The van der Waals surface area contributed by atoms with Gasteiger partial charge in [0.05, 0.1) is 48.1 Å². The number of fused-ring (bicyclic) bond motifs is 1. The average Bonchev–Trinajstić information content (AvgIpc) is 3.12. The standard InChI is InChI=1S/C20H22N2O6S2/c1-26-8-9-30(24,25)14-6-4-13(5-7-14)10-19(23)22-20-21-15-11-16(27-2)17(28-3)12-18(15)29-20/h4-7,11-12H,8-10H2,1-3H3,(H,21,22,23). The smallest absolute Gasteiger partial charge is 0.230 e. The molecule has 10 heteroatoms. The predicted molar refractivity (Wildman–Crippen MR) is 115 cm³/mol. The summed E-state index contributed by atoms with van der Waals surface area (Å²) < 4.78 is 40.6. The first-order valence-corrected chi connectivity index (χ1v) is 11.5. The Labute approximate surface area is 178 Å². The number of hydrogen-bond donors (Lipinski definition) is 1. The maximum absolute atomic E-state index is 12.4. The van der Waals surface area contributed by atoms with E-state index in [1.807, 2.05) is 6.07 Å². The number of anilines is 1. The minimum atomic E-state index is -3.40. The van der Waals surface area contributed by atoms with Gasteiger partial charge in [-0.3, -0.25) is 4.79 Å². The Hall–Kier alpha value is -2.69. The number of methoxy groups -OCH3 is 3. The number of ether oxygens (including phenoxy) is 3. The van der Waals surface area contributed by atoms with Crippen molar-refractivity contribution < 1.29 is 27.4 Å². The second-order valence-electron chi connectivity index (χ2n) is 6.37. The van der Waals surface area contributed by atoms with Gasteiger partial charge in [0.2, 0.25) is 5.91 Å². The molecule has 0 bridgehead atoms. The lowest BCUT2D eigenvalue weighted by Crippen LogP contribution is -2.14. The lowest BCUT2D eigenvalue weighted by atomic mass is 10.1. The summed E-state index contributed by atoms with van der Waals surface area (Å²) in [5, 5.41) is 3.24. The summed E-state index contributed by atoms with van der Waals surface area (Å²) >= 11 is 1.33. The Morgan fingerprint density at radius 1 is 1.07 bits per heavy atom. The van der Waals surface area contributed by atoms with Crippen molar-refractivity contribution >= 4 is 42.4 Å². The van der Waals surface area contributed by atoms with E-state index in [4.69, 9.17) is 14.2 Å². The second kappa shape index (κ2) is 9.41. The van der Waals surface area contributed by atoms with E-state index < -0.39 is 9.84 Å². The number of aromatic nitrogens is 1. The zero-order chi connectivity index (χ0) is 21.7. The quantitative estimate of drug-likeness (QED) is 0.534. The monoisotopic (exact) mass is 450 g/mol. The van der Waals surface area contributed by atoms with Crippen LogP contribution in [-0.4, -0.2) is 53.0 Å². The molecule has 1 aromatic heterocycles. The van der Waals surface area contributed by atoms with Crippen LogP contribution < -0.4 is 14.8 Å². The van der Waals surface area contributed by atoms with Crippen LogP contribution in [0.3, 0.4) is 0 Å². The normalized spacial score (nSPS) is 11.4. The van der Waals surface area contributed by atoms with Gasteiger partial charge in [-0.15, -0.1) is 0 Å². The van der Waals surface area contributed by atoms with Crippen molar-refractivity contribution in [1.29, 1.82) is 0 Å². The fourth-order valence-corrected chi connectivity index (χ4v) is 4.85. The Morgan fingerprint density at radius 2 is 1.73 bits per heavy atom. The van der Waals surface area contributed by atoms with Crippen LogP contribution in [0.4, 0.5) is 5.13 Å². The Bertz CT molecular complexity index is 1100. The summed E-state index contributed by atoms with van der Waals surface area (Å²) in [5.74, 6) is 0.819. The van der Waals surface area contributed by atoms with Crippen LogP contribution in [0.5, 0.6) is 11.5 Å². The number of benzene rings is 2. The third-order valence-corrected chi connectivity index (χ3v) is 6.97. The molecule has 3 rings (SSSR count). The van der Waals surface area contributed by atoms with E-state index in [0.717, 1.165) is 4.70 Å². The lowest BCUT2D eigenvalue weighted by Gasteiger charge is -2.06. The molecule has 0 unspecified atom stereocenters. The topological polar surface area (TPSA) is 104 Å². The van der Waals surface area contributed by atoms with Gasteiger partial charge in [-0.05, 0) is 17.7 Å². The molecular weight excluding hydrogens is 428 g/mol. The van der Waals surface area contributed by atoms with Gasteiger partial charge in [-0.25, -0.2) is 13.4 Å². The van der Waals surface area contributed by atoms with Crippen LogP contribution in [0.25, 0.3) is 10.2 Å². The molecule has 0 aliphatic heterocycles. The summed E-state index contributed by atoms with van der Waals surface area (Å²) in [6, 6.07) is 9.84. The van der Waals surface area contributed by atoms with Crippen molar-refractivity contribution in [3.63, 3.8) is 0 Å². The van der Waals surface area contributed by atoms with E-state index in [1.165, 1.54) is 30.6 Å². The molecule has 1 N–H and O–H groups in total. The SMILES string of the molecule is COCCS(=O)(=O)c1ccc(CC(=O)Nc2nc3cc(OC)c(OC)cc3s2)cc1. The van der Waals surface area contributed by atoms with Crippen LogP contribution in [0.1, 0.15) is 5.56 Å². The van der Waals surface area contributed by atoms with Crippen molar-refractivity contribution in [1.82, 2.24) is 4.98 Å². The Balaban J connectivity index is 1.68. The van der Waals surface area contributed by atoms with Crippen molar-refractivity contribution in [3.05, 3.63) is 42.0 Å². The fourth-order valence-electron chi connectivity index (χ4n) is 2.78. The van der Waals surface area contributed by atoms with E-state index in [2.05, 4.69) is 10.3 Å². The van der Waals surface area contributed by atoms with Gasteiger partial charge < -0.3 is 19.5 Å². The molecule has 1 heterocycles. The largest absolute Gasteiger partial charge is 0.493 e. The number of carbonyl (C=O) groups excluding carboxylic acids is 1. The van der Waals surface area contributed by atoms with Crippen molar-refractivity contribution in [3.8, 4) is 11.5 Å². The van der Waals surface area contributed by atoms with Crippen molar-refractivity contribution in [2.75, 3.05) is 39.0 Å². The number of carbonyl (C=O) groups is 1. The first-order chi connectivity index (χ1) is 14.4. The molecule has 8 nitrogen and oxygen atoms in total. The number of thiazole rings is 1. The van der Waals surface area contributed by atoms with Crippen LogP contribution in [0.15, 0.2) is 41.3 Å². The van der Waals surface area contributed by atoms with E-state index >= 15 is 0 Å². The molecule has 0 saturated heterocycles. The molecule has 0 saturated carbocycles. The van der Waals surface area contributed by atoms with Crippen molar-refractivity contribution in [2.45, 2.75) is 11.3 Å². The third-order valence-electron chi connectivity index (χ3n) is 4.34. The number of nitrogens with zero attached hydrogens (tertiary/aromatic N) is 1. The van der Waals surface area contributed by atoms with Crippen molar-refractivity contribution in [2.24, 2.45) is 0 Å². The zero-order valence-corrected chi connectivity index (χ0v) is 18.4. The maximum atomic E-state index is 12.4. The van der Waals surface area contributed by atoms with Crippen LogP contribution in [-0.2, 0) is 25.8 Å². The zero-order valence-electron chi connectivity index (χ0n) is 16.8. The molecule has 0 atom stereocenters. The van der Waals surface area contributed by atoms with E-state index in [-0.39, 0.29) is 29.6 Å². The lowest BCUT2D eigenvalue weighted by molar-refractivity contribution is -0.115. The predicted octanol–water partition coefficient (Wildman–Crippen LogP) is 2.91. The van der Waals surface area contributed by atoms with Gasteiger partial charge in [0.15, 0.2) is 26.5 Å². The molecule has 3 aromatic rings. The van der Waals surface area contributed by atoms with E-state index in [9.17, 15) is 13.2 Å². The average molecular weight is 451 g/mol. The Morgan fingerprint density at radius 3 is 2.37 bits per heavy atom. The molecular formula is C20H22N2O6S2. The van der Waals surface area contributed by atoms with E-state index in [1.54, 1.807) is 32.4 Å². The summed E-state index contributed by atoms with van der Waals surface area (Å²) in [6.07, 6.45) is 0.0982. The first-order valence-electron chi connectivity index (χ1n) is 8.99. The highest BCUT2D eigenvalue weighted by Gasteiger charge is 2.15. The molecule has 0 aliphatic rings. The number of rotatable bonds is 9. The minimum absolute atomic E-state index is 0.0868. The van der Waals surface area contributed by atoms with Gasteiger partial charge in [-0.1, -0.05) is 23.5 Å². The summed E-state index contributed by atoms with van der Waals surface area (Å²) in [7, 11) is 1.16. The minimum Gasteiger partial charge on any atom is -0.493 e. The summed E-state index contributed by atoms with van der Waals surface area (Å²) in [4.78, 5) is 17.0. The molecule has 0 fully saturated rings. The molecule has 0 aliphatic carbocycles. The van der Waals surface area contributed by atoms with Gasteiger partial charge in [-0.2, -0.15) is 0 Å². The van der Waals surface area contributed by atoms with Gasteiger partial charge in [0.1, 0.15) is 0 Å². The van der Waals surface area contributed by atoms with Gasteiger partial charge in [0, 0.05) is 19.2 Å². The highest BCUT2D eigenvalue weighted by Crippen LogP contribution is 2.36. The maximum Gasteiger partial charge on any atom is 0.230 e. The highest BCUT2D eigenvalue weighted by molar-refractivity contribution is 7.91. The molecule has 160 valence electrons. The highest BCUT2D eigenvalue weighted by atomic mass is 32.2. The van der Waals surface area contributed by atoms with Gasteiger partial charge in [0.25, 0.3) is 0 Å². The summed E-state index contributed by atoms with van der Waals surface area (Å²) in [6.45, 7) is 0.131. The van der Waals surface area contributed by atoms with Crippen LogP contribution in [0.2, 0.25) is 0 Å². The Kier molecular flexibility index (Phi) is 6.91. The second-order valence-corrected chi connectivity index (χ2v) is 9.51. The summed E-state index contributed by atoms with van der Waals surface area (Å²) in [5.41, 5.74) is 1.39. The van der Waals surface area contributed by atoms with E-state index in [0.29, 0.717) is 27.7 Å². The van der Waals surface area contributed by atoms with Gasteiger partial charge >= 0.3 is 0 Å². The fraction of sp³-hybridized carbons (Fsp3) is 0.300. The van der Waals surface area contributed by atoms with Crippen LogP contribution in [0, 0.1) is 0 Å². The molecule has 30 heavy (non-hydrogen) atoms. The number of hydrogen-bond acceptors (Lipinski definition) is 8. The molecule has 0 radical (unpaired) electrons. The number of nitrogens with one attached hydrogen (secondary N) is 1. The van der Waals surface area contributed by atoms with Crippen LogP contribution >= 0.6 is 11.3 Å². The number of sulfone groups is 1. The number of amides is 1. The third kappa shape index (κ3) is 5.07.